The molecule has 0 aliphatic carbocycles. The molecule has 15 nitrogen and oxygen atoms in total. The predicted molar refractivity (Wildman–Crippen MR) is 271 cm³/mol. The molecule has 0 saturated carbocycles. The van der Waals surface area contributed by atoms with Gasteiger partial charge in [0.05, 0.1) is 26.2 Å². The summed E-state index contributed by atoms with van der Waals surface area (Å²) in [5.41, 5.74) is 1.62. The zero-order valence-corrected chi connectivity index (χ0v) is 43.2. The van der Waals surface area contributed by atoms with Crippen LogP contribution in [0.2, 0.25) is 0 Å². The van der Waals surface area contributed by atoms with Crippen LogP contribution in [0.3, 0.4) is 0 Å². The van der Waals surface area contributed by atoms with Crippen molar-refractivity contribution in [1.82, 2.24) is 26.3 Å². The zero-order chi connectivity index (χ0) is 49.7. The lowest BCUT2D eigenvalue weighted by molar-refractivity contribution is -0.143. The van der Waals surface area contributed by atoms with Crippen LogP contribution in [0, 0.1) is 5.92 Å². The Morgan fingerprint density at radius 2 is 1.18 bits per heavy atom. The number of H-pyrrole nitrogens is 1. The van der Waals surface area contributed by atoms with Crippen LogP contribution in [0.5, 0.6) is 0 Å². The van der Waals surface area contributed by atoms with Crippen LogP contribution in [0.25, 0.3) is 10.9 Å². The van der Waals surface area contributed by atoms with Gasteiger partial charge in [-0.15, -0.1) is 0 Å². The van der Waals surface area contributed by atoms with E-state index in [-0.39, 0.29) is 56.2 Å². The van der Waals surface area contributed by atoms with Crippen LogP contribution in [-0.4, -0.2) is 84.5 Å². The van der Waals surface area contributed by atoms with Crippen LogP contribution < -0.4 is 21.3 Å². The average molecular weight is 976 g/mol. The van der Waals surface area contributed by atoms with Crippen LogP contribution in [0.4, 0.5) is 0 Å². The predicted octanol–water partition coefficient (Wildman–Crippen LogP) is 10.4. The molecule has 68 heavy (non-hydrogen) atoms. The summed E-state index contributed by atoms with van der Waals surface area (Å²) in [6, 6.07) is 7.42. The molecule has 2 rings (SSSR count). The van der Waals surface area contributed by atoms with Crippen molar-refractivity contribution >= 4 is 48.3 Å². The van der Waals surface area contributed by atoms with E-state index in [0.29, 0.717) is 31.4 Å². The Morgan fingerprint density at radius 1 is 0.632 bits per heavy atom. The number of hydrogen-bond donors (Lipinski definition) is 6. The minimum Gasteiger partial charge on any atom is -0.466 e. The van der Waals surface area contributed by atoms with Crippen LogP contribution in [-0.2, 0) is 48.7 Å². The van der Waals surface area contributed by atoms with Gasteiger partial charge in [-0.3, -0.25) is 33.0 Å². The molecule has 0 bridgehead atoms. The van der Waals surface area contributed by atoms with Gasteiger partial charge in [-0.05, 0) is 42.7 Å². The number of hydrogen-bond acceptors (Lipinski definition) is 9. The summed E-state index contributed by atoms with van der Waals surface area (Å²) < 4.78 is 28.6. The Kier molecular flexibility index (Phi) is 33.7. The molecule has 0 saturated heterocycles. The smallest absolute Gasteiger partial charge is 0.466 e. The quantitative estimate of drug-likeness (QED) is 0.0210. The van der Waals surface area contributed by atoms with E-state index in [2.05, 4.69) is 40.1 Å². The first-order chi connectivity index (χ1) is 32.9. The van der Waals surface area contributed by atoms with E-state index in [1.54, 1.807) is 0 Å². The first-order valence-electron chi connectivity index (χ1n) is 26.4. The Labute approximate surface area is 408 Å². The minimum absolute atomic E-state index is 0.0524. The number of amides is 4. The topological polar surface area (TPSA) is 214 Å². The molecule has 0 fully saturated rings. The summed E-state index contributed by atoms with van der Waals surface area (Å²) in [6.07, 6.45) is 27.1. The fourth-order valence-electron chi connectivity index (χ4n) is 7.98. The third-order valence-electron chi connectivity index (χ3n) is 12.3. The van der Waals surface area contributed by atoms with E-state index in [4.69, 9.17) is 13.8 Å². The number of esters is 1. The van der Waals surface area contributed by atoms with Gasteiger partial charge in [-0.25, -0.2) is 4.57 Å². The lowest BCUT2D eigenvalue weighted by Crippen LogP contribution is -2.51. The van der Waals surface area contributed by atoms with Crippen molar-refractivity contribution in [3.8, 4) is 0 Å². The largest absolute Gasteiger partial charge is 0.472 e. The number of carbonyl (C=O) groups excluding carboxylic acids is 5. The summed E-state index contributed by atoms with van der Waals surface area (Å²) in [7, 11) is -4.75. The van der Waals surface area contributed by atoms with E-state index in [0.717, 1.165) is 49.4 Å². The average Bonchev–Trinajstić information content (AvgIpc) is 3.73. The van der Waals surface area contributed by atoms with Crippen molar-refractivity contribution in [3.05, 3.63) is 36.0 Å². The van der Waals surface area contributed by atoms with Gasteiger partial charge in [0.1, 0.15) is 12.1 Å². The van der Waals surface area contributed by atoms with Crippen LogP contribution in [0.1, 0.15) is 200 Å². The fourth-order valence-corrected chi connectivity index (χ4v) is 8.71. The fraction of sp³-hybridized carbons (Fsp3) is 0.750. The van der Waals surface area contributed by atoms with E-state index in [9.17, 15) is 33.4 Å². The molecular weight excluding hydrogens is 886 g/mol. The van der Waals surface area contributed by atoms with Gasteiger partial charge in [-0.1, -0.05) is 181 Å². The van der Waals surface area contributed by atoms with E-state index in [1.165, 1.54) is 96.3 Å². The Morgan fingerprint density at radius 3 is 1.75 bits per heavy atom. The number of phosphoric acid groups is 1. The van der Waals surface area contributed by atoms with E-state index >= 15 is 0 Å². The lowest BCUT2D eigenvalue weighted by Gasteiger charge is -2.24. The molecule has 4 atom stereocenters. The monoisotopic (exact) mass is 976 g/mol. The molecule has 1 heterocycles. The molecule has 0 spiro atoms. The van der Waals surface area contributed by atoms with Gasteiger partial charge in [0, 0.05) is 37.1 Å². The standard InChI is InChI=1S/C52H90N5O10P/c1-5-8-10-12-14-16-17-18-19-21-22-24-26-33-47(58)56-46(51(61)53-35-30-37-65-49(60)34-27-25-23-20-15-13-11-9-6-2)41-67-68(63,64)66-38-36-54-52(62)50(42(4)7-3)57-48(59)40-44-39-43-31-28-29-32-45(43)55-44/h28-29,31-32,39,42,46,50,55H,5-27,30,33-38,40-41H2,1-4H3,(H,53,61)(H,54,62)(H,56,58)(H,57,59)(H,63,64)/t42-,46-,50-/m0/s1. The number of fused-ring (bicyclic) bond motifs is 1. The summed E-state index contributed by atoms with van der Waals surface area (Å²) in [5.74, 6) is -2.30. The Hall–Kier alpha value is -3.78. The number of ether oxygens (including phenoxy) is 1. The molecule has 1 unspecified atom stereocenters. The number of benzene rings is 1. The maximum atomic E-state index is 13.3. The molecule has 0 aliphatic heterocycles. The van der Waals surface area contributed by atoms with Crippen molar-refractivity contribution in [2.75, 3.05) is 32.9 Å². The van der Waals surface area contributed by atoms with E-state index in [1.807, 2.05) is 44.2 Å². The third-order valence-corrected chi connectivity index (χ3v) is 13.3. The molecule has 0 radical (unpaired) electrons. The number of unbranched alkanes of at least 4 members (excludes halogenated alkanes) is 20. The Balaban J connectivity index is 1.81. The van der Waals surface area contributed by atoms with Crippen LogP contribution in [0.15, 0.2) is 30.3 Å². The summed E-state index contributed by atoms with van der Waals surface area (Å²) in [5, 5.41) is 11.8. The van der Waals surface area contributed by atoms with Crippen LogP contribution >= 0.6 is 7.82 Å². The minimum atomic E-state index is -4.75. The molecule has 388 valence electrons. The zero-order valence-electron chi connectivity index (χ0n) is 42.3. The van der Waals surface area contributed by atoms with Gasteiger partial charge in [0.2, 0.25) is 23.6 Å². The van der Waals surface area contributed by atoms with Crippen molar-refractivity contribution in [1.29, 1.82) is 0 Å². The Bertz CT molecular complexity index is 1710. The normalized spacial score (nSPS) is 13.6. The first kappa shape index (κ1) is 60.3. The highest BCUT2D eigenvalue weighted by molar-refractivity contribution is 7.47. The van der Waals surface area contributed by atoms with Gasteiger partial charge in [-0.2, -0.15) is 0 Å². The maximum Gasteiger partial charge on any atom is 0.472 e. The van der Waals surface area contributed by atoms with Crippen molar-refractivity contribution < 1.29 is 47.2 Å². The number of aromatic nitrogens is 1. The summed E-state index contributed by atoms with van der Waals surface area (Å²) in [4.78, 5) is 78.4. The molecule has 0 aliphatic rings. The summed E-state index contributed by atoms with van der Waals surface area (Å²) >= 11 is 0. The highest BCUT2D eigenvalue weighted by Gasteiger charge is 2.29. The number of aromatic amines is 1. The number of nitrogens with one attached hydrogen (secondary N) is 5. The third kappa shape index (κ3) is 29.3. The van der Waals surface area contributed by atoms with Crippen molar-refractivity contribution in [2.45, 2.75) is 213 Å². The van der Waals surface area contributed by atoms with E-state index < -0.39 is 44.9 Å². The van der Waals surface area contributed by atoms with Gasteiger partial charge < -0.3 is 35.9 Å². The molecule has 2 aromatic rings. The van der Waals surface area contributed by atoms with Gasteiger partial charge in [0.15, 0.2) is 0 Å². The number of carbonyl (C=O) groups is 5. The van der Waals surface area contributed by atoms with Gasteiger partial charge in [0.25, 0.3) is 0 Å². The number of para-hydroxylation sites is 1. The molecule has 1 aromatic heterocycles. The second-order valence-electron chi connectivity index (χ2n) is 18.4. The highest BCUT2D eigenvalue weighted by Crippen LogP contribution is 2.43. The number of rotatable bonds is 43. The molecule has 1 aromatic carbocycles. The second kappa shape index (κ2) is 38.0. The molecule has 4 amide bonds. The molecular formula is C52H90N5O10P. The second-order valence-corrected chi connectivity index (χ2v) is 19.9. The maximum absolute atomic E-state index is 13.3. The lowest BCUT2D eigenvalue weighted by atomic mass is 9.98. The highest BCUT2D eigenvalue weighted by atomic mass is 31.2. The molecule has 6 N–H and O–H groups in total. The van der Waals surface area contributed by atoms with Crippen molar-refractivity contribution in [3.63, 3.8) is 0 Å². The molecule has 16 heteroatoms. The SMILES string of the molecule is CCCCCCCCCCCCCCCC(=O)N[C@@H](COP(=O)(O)OCCNC(=O)[C@@H](NC(=O)Cc1cc2ccccc2[nH]1)[C@@H](C)CC)C(=O)NCCCOC(=O)CCCCCCCCCCC. The number of phosphoric ester groups is 1. The van der Waals surface area contributed by atoms with Gasteiger partial charge >= 0.3 is 13.8 Å². The van der Waals surface area contributed by atoms with Crippen molar-refractivity contribution in [2.24, 2.45) is 5.92 Å². The first-order valence-corrected chi connectivity index (χ1v) is 27.9. The summed E-state index contributed by atoms with van der Waals surface area (Å²) in [6.45, 7) is 7.23.